The van der Waals surface area contributed by atoms with Gasteiger partial charge in [0.2, 0.25) is 0 Å². The molecule has 0 bridgehead atoms. The molecule has 0 spiro atoms. The van der Waals surface area contributed by atoms with Crippen LogP contribution in [0.4, 0.5) is 0 Å². The second kappa shape index (κ2) is 4.88. The van der Waals surface area contributed by atoms with Gasteiger partial charge in [0.1, 0.15) is 0 Å². The highest BCUT2D eigenvalue weighted by molar-refractivity contribution is 4.84. The third kappa shape index (κ3) is 2.89. The molecule has 0 aromatic rings. The molecule has 0 rings (SSSR count). The van der Waals surface area contributed by atoms with Crippen LogP contribution in [0.5, 0.6) is 0 Å². The molecule has 0 aromatic carbocycles. The van der Waals surface area contributed by atoms with Crippen molar-refractivity contribution in [1.29, 1.82) is 0 Å². The van der Waals surface area contributed by atoms with Crippen molar-refractivity contribution in [3.8, 4) is 0 Å². The number of hydrogen-bond donors (Lipinski definition) is 5. The Morgan fingerprint density at radius 2 is 1.46 bits per heavy atom. The van der Waals surface area contributed by atoms with E-state index >= 15 is 0 Å². The van der Waals surface area contributed by atoms with E-state index in [1.807, 2.05) is 6.92 Å². The van der Waals surface area contributed by atoms with Gasteiger partial charge in [0.15, 0.2) is 0 Å². The molecule has 5 nitrogen and oxygen atoms in total. The standard InChI is InChI=1S/C8H18O5/c1-2-3-4-7(5-9,6-10)8(11,12)13/h9-13H,2-6H2,1H3. The van der Waals surface area contributed by atoms with Crippen LogP contribution in [-0.2, 0) is 0 Å². The van der Waals surface area contributed by atoms with E-state index in [2.05, 4.69) is 0 Å². The molecule has 5 N–H and O–H groups in total. The number of unbranched alkanes of at least 4 members (excludes halogenated alkanes) is 1. The van der Waals surface area contributed by atoms with Gasteiger partial charge < -0.3 is 25.5 Å². The smallest absolute Gasteiger partial charge is 0.285 e. The lowest BCUT2D eigenvalue weighted by Gasteiger charge is -2.36. The van der Waals surface area contributed by atoms with Crippen molar-refractivity contribution in [2.45, 2.75) is 32.2 Å². The Labute approximate surface area is 77.3 Å². The van der Waals surface area contributed by atoms with E-state index in [1.165, 1.54) is 0 Å². The van der Waals surface area contributed by atoms with Gasteiger partial charge in [-0.2, -0.15) is 0 Å². The fourth-order valence-corrected chi connectivity index (χ4v) is 1.10. The zero-order valence-corrected chi connectivity index (χ0v) is 7.77. The molecule has 0 saturated carbocycles. The summed E-state index contributed by atoms with van der Waals surface area (Å²) in [6, 6.07) is 0. The summed E-state index contributed by atoms with van der Waals surface area (Å²) in [4.78, 5) is 0. The molecule has 0 atom stereocenters. The summed E-state index contributed by atoms with van der Waals surface area (Å²) in [5.74, 6) is -3.04. The Balaban J connectivity index is 4.50. The van der Waals surface area contributed by atoms with Crippen LogP contribution in [0.1, 0.15) is 26.2 Å². The van der Waals surface area contributed by atoms with Crippen LogP contribution in [0, 0.1) is 5.41 Å². The van der Waals surface area contributed by atoms with Crippen LogP contribution in [0.2, 0.25) is 0 Å². The molecule has 0 aromatic heterocycles. The monoisotopic (exact) mass is 194 g/mol. The molecule has 0 radical (unpaired) electrons. The lowest BCUT2D eigenvalue weighted by atomic mass is 9.81. The number of hydrogen-bond acceptors (Lipinski definition) is 5. The van der Waals surface area contributed by atoms with Gasteiger partial charge in [0.25, 0.3) is 5.97 Å². The van der Waals surface area contributed by atoms with E-state index in [-0.39, 0.29) is 6.42 Å². The largest absolute Gasteiger partial charge is 0.395 e. The molecule has 80 valence electrons. The first kappa shape index (κ1) is 12.8. The van der Waals surface area contributed by atoms with Gasteiger partial charge in [-0.15, -0.1) is 0 Å². The van der Waals surface area contributed by atoms with Crippen molar-refractivity contribution >= 4 is 0 Å². The summed E-state index contributed by atoms with van der Waals surface area (Å²) >= 11 is 0. The van der Waals surface area contributed by atoms with Gasteiger partial charge in [0.05, 0.1) is 18.6 Å². The fraction of sp³-hybridized carbons (Fsp3) is 1.00. The molecule has 0 unspecified atom stereocenters. The Hall–Kier alpha value is -0.200. The van der Waals surface area contributed by atoms with Crippen LogP contribution in [0.15, 0.2) is 0 Å². The topological polar surface area (TPSA) is 101 Å². The first-order valence-corrected chi connectivity index (χ1v) is 4.32. The van der Waals surface area contributed by atoms with Crippen LogP contribution < -0.4 is 0 Å². The van der Waals surface area contributed by atoms with Crippen LogP contribution in [0.25, 0.3) is 0 Å². The van der Waals surface area contributed by atoms with Crippen LogP contribution in [-0.4, -0.2) is 44.7 Å². The van der Waals surface area contributed by atoms with Crippen molar-refractivity contribution in [3.05, 3.63) is 0 Å². The highest BCUT2D eigenvalue weighted by Gasteiger charge is 2.47. The average molecular weight is 194 g/mol. The minimum atomic E-state index is -3.04. The van der Waals surface area contributed by atoms with Gasteiger partial charge in [-0.25, -0.2) is 0 Å². The molecule has 13 heavy (non-hydrogen) atoms. The van der Waals surface area contributed by atoms with Crippen LogP contribution in [0.3, 0.4) is 0 Å². The van der Waals surface area contributed by atoms with Crippen molar-refractivity contribution < 1.29 is 25.5 Å². The van der Waals surface area contributed by atoms with Crippen molar-refractivity contribution in [2.75, 3.05) is 13.2 Å². The summed E-state index contributed by atoms with van der Waals surface area (Å²) < 4.78 is 0. The van der Waals surface area contributed by atoms with E-state index in [4.69, 9.17) is 25.5 Å². The van der Waals surface area contributed by atoms with E-state index in [1.54, 1.807) is 0 Å². The normalized spacial score (nSPS) is 13.4. The lowest BCUT2D eigenvalue weighted by Crippen LogP contribution is -2.53. The number of rotatable bonds is 6. The molecule has 0 aliphatic rings. The van der Waals surface area contributed by atoms with E-state index in [0.717, 1.165) is 6.42 Å². The summed E-state index contributed by atoms with van der Waals surface area (Å²) in [5, 5.41) is 44.6. The Bertz CT molecular complexity index is 136. The average Bonchev–Trinajstić information content (AvgIpc) is 2.05. The second-order valence-electron chi connectivity index (χ2n) is 3.34. The van der Waals surface area contributed by atoms with E-state index in [0.29, 0.717) is 6.42 Å². The Morgan fingerprint density at radius 3 is 1.69 bits per heavy atom. The number of aliphatic hydroxyl groups is 5. The first-order chi connectivity index (χ1) is 5.93. The van der Waals surface area contributed by atoms with Gasteiger partial charge in [-0.3, -0.25) is 0 Å². The van der Waals surface area contributed by atoms with Gasteiger partial charge in [-0.05, 0) is 6.42 Å². The third-order valence-corrected chi connectivity index (χ3v) is 2.33. The highest BCUT2D eigenvalue weighted by Crippen LogP contribution is 2.32. The van der Waals surface area contributed by atoms with Gasteiger partial charge in [0, 0.05) is 0 Å². The molecule has 0 saturated heterocycles. The molecule has 5 heteroatoms. The van der Waals surface area contributed by atoms with Crippen molar-refractivity contribution in [3.63, 3.8) is 0 Å². The van der Waals surface area contributed by atoms with Gasteiger partial charge >= 0.3 is 0 Å². The molecule has 0 amide bonds. The maximum absolute atomic E-state index is 8.95. The van der Waals surface area contributed by atoms with Crippen molar-refractivity contribution in [2.24, 2.45) is 5.41 Å². The minimum Gasteiger partial charge on any atom is -0.395 e. The van der Waals surface area contributed by atoms with E-state index in [9.17, 15) is 0 Å². The summed E-state index contributed by atoms with van der Waals surface area (Å²) in [6.45, 7) is 0.535. The maximum Gasteiger partial charge on any atom is 0.285 e. The summed E-state index contributed by atoms with van der Waals surface area (Å²) in [6.07, 6.45) is 1.52. The van der Waals surface area contributed by atoms with Crippen LogP contribution >= 0.6 is 0 Å². The molecular weight excluding hydrogens is 176 g/mol. The Morgan fingerprint density at radius 1 is 1.00 bits per heavy atom. The Kier molecular flexibility index (Phi) is 4.80. The predicted molar refractivity (Wildman–Crippen MR) is 45.5 cm³/mol. The third-order valence-electron chi connectivity index (χ3n) is 2.33. The maximum atomic E-state index is 8.95. The first-order valence-electron chi connectivity index (χ1n) is 4.32. The number of aliphatic hydroxyl groups excluding tert-OH is 2. The quantitative estimate of drug-likeness (QED) is 0.341. The molecule has 0 aliphatic carbocycles. The minimum absolute atomic E-state index is 0.153. The summed E-state index contributed by atoms with van der Waals surface area (Å²) in [7, 11) is 0. The highest BCUT2D eigenvalue weighted by atomic mass is 16.7. The SMILES string of the molecule is CCCCC(CO)(CO)C(O)(O)O. The molecule has 0 heterocycles. The molecule has 0 fully saturated rings. The van der Waals surface area contributed by atoms with Crippen molar-refractivity contribution in [1.82, 2.24) is 0 Å². The molecule has 0 aliphatic heterocycles. The second-order valence-corrected chi connectivity index (χ2v) is 3.34. The van der Waals surface area contributed by atoms with Gasteiger partial charge in [-0.1, -0.05) is 19.8 Å². The lowest BCUT2D eigenvalue weighted by molar-refractivity contribution is -0.386. The predicted octanol–water partition coefficient (Wildman–Crippen LogP) is -1.22. The zero-order valence-electron chi connectivity index (χ0n) is 7.77. The summed E-state index contributed by atoms with van der Waals surface area (Å²) in [5.41, 5.74) is -1.65. The molecular formula is C8H18O5. The zero-order chi connectivity index (χ0) is 10.5. The fourth-order valence-electron chi connectivity index (χ4n) is 1.10. The van der Waals surface area contributed by atoms with E-state index < -0.39 is 24.6 Å².